The molecule has 0 bridgehead atoms. The van der Waals surface area contributed by atoms with Crippen LogP contribution >= 0.6 is 0 Å². The van der Waals surface area contributed by atoms with E-state index >= 15 is 0 Å². The standard InChI is InChI=1S/C15H21N3O3/c1-3-10-4-6-12(9(10)2)17-13-7-5-11(15(16)19)8-14(13)18(20)21/h5,7-10,12,17H,3-4,6H2,1-2H3,(H2,16,19). The van der Waals surface area contributed by atoms with Crippen LogP contribution in [0.25, 0.3) is 0 Å². The van der Waals surface area contributed by atoms with Crippen molar-refractivity contribution in [3.8, 4) is 0 Å². The van der Waals surface area contributed by atoms with E-state index in [0.29, 0.717) is 17.5 Å². The minimum absolute atomic E-state index is 0.0987. The molecule has 1 aliphatic carbocycles. The Morgan fingerprint density at radius 1 is 1.48 bits per heavy atom. The van der Waals surface area contributed by atoms with E-state index in [-0.39, 0.29) is 17.3 Å². The van der Waals surface area contributed by atoms with Crippen LogP contribution in [0.1, 0.15) is 43.5 Å². The van der Waals surface area contributed by atoms with Gasteiger partial charge in [0.05, 0.1) is 4.92 Å². The van der Waals surface area contributed by atoms with Crippen LogP contribution < -0.4 is 11.1 Å². The predicted molar refractivity (Wildman–Crippen MR) is 81.2 cm³/mol. The normalized spacial score (nSPS) is 24.8. The Morgan fingerprint density at radius 3 is 2.71 bits per heavy atom. The molecule has 1 saturated carbocycles. The molecule has 1 amide bonds. The van der Waals surface area contributed by atoms with Crippen LogP contribution in [0.4, 0.5) is 11.4 Å². The van der Waals surface area contributed by atoms with E-state index in [0.717, 1.165) is 19.3 Å². The summed E-state index contributed by atoms with van der Waals surface area (Å²) in [5.41, 5.74) is 5.68. The number of hydrogen-bond acceptors (Lipinski definition) is 4. The number of amides is 1. The highest BCUT2D eigenvalue weighted by Gasteiger charge is 2.32. The number of nitrogens with two attached hydrogens (primary N) is 1. The fraction of sp³-hybridized carbons (Fsp3) is 0.533. The van der Waals surface area contributed by atoms with Gasteiger partial charge in [-0.1, -0.05) is 20.3 Å². The lowest BCUT2D eigenvalue weighted by atomic mass is 9.93. The topological polar surface area (TPSA) is 98.3 Å². The lowest BCUT2D eigenvalue weighted by molar-refractivity contribution is -0.384. The molecular weight excluding hydrogens is 270 g/mol. The third-order valence-electron chi connectivity index (χ3n) is 4.57. The minimum atomic E-state index is -0.662. The second-order valence-corrected chi connectivity index (χ2v) is 5.71. The minimum Gasteiger partial charge on any atom is -0.376 e. The zero-order chi connectivity index (χ0) is 15.6. The van der Waals surface area contributed by atoms with E-state index in [1.165, 1.54) is 12.1 Å². The monoisotopic (exact) mass is 291 g/mol. The van der Waals surface area contributed by atoms with Gasteiger partial charge in [0.1, 0.15) is 5.69 Å². The van der Waals surface area contributed by atoms with E-state index in [1.807, 2.05) is 0 Å². The Balaban J connectivity index is 2.24. The zero-order valence-electron chi connectivity index (χ0n) is 12.3. The number of nitrogens with zero attached hydrogens (tertiary/aromatic N) is 1. The molecule has 6 heteroatoms. The number of benzene rings is 1. The summed E-state index contributed by atoms with van der Waals surface area (Å²) in [6, 6.07) is 4.56. The van der Waals surface area contributed by atoms with Crippen LogP contribution in [-0.2, 0) is 0 Å². The number of primary amides is 1. The fourth-order valence-corrected chi connectivity index (χ4v) is 3.19. The van der Waals surface area contributed by atoms with E-state index in [1.54, 1.807) is 6.07 Å². The molecule has 0 aromatic heterocycles. The molecule has 1 aliphatic rings. The Bertz CT molecular complexity index is 559. The Hall–Kier alpha value is -2.11. The van der Waals surface area contributed by atoms with Crippen molar-refractivity contribution in [2.45, 2.75) is 39.2 Å². The molecule has 1 fully saturated rings. The number of nitro benzene ring substituents is 1. The number of carbonyl (C=O) groups is 1. The molecular formula is C15H21N3O3. The van der Waals surface area contributed by atoms with Crippen LogP contribution in [0.3, 0.4) is 0 Å². The van der Waals surface area contributed by atoms with E-state index in [9.17, 15) is 14.9 Å². The summed E-state index contributed by atoms with van der Waals surface area (Å²) in [5.74, 6) is 0.474. The SMILES string of the molecule is CCC1CCC(Nc2ccc(C(N)=O)cc2[N+](=O)[O-])C1C. The molecule has 3 N–H and O–H groups in total. The molecule has 114 valence electrons. The van der Waals surface area contributed by atoms with Gasteiger partial charge in [-0.05, 0) is 36.8 Å². The third-order valence-corrected chi connectivity index (χ3v) is 4.57. The number of rotatable bonds is 5. The van der Waals surface area contributed by atoms with Crippen LogP contribution in [0, 0.1) is 22.0 Å². The summed E-state index contributed by atoms with van der Waals surface area (Å²) in [6.45, 7) is 4.36. The maximum atomic E-state index is 11.2. The van der Waals surface area contributed by atoms with Crippen molar-refractivity contribution in [3.63, 3.8) is 0 Å². The molecule has 0 spiro atoms. The van der Waals surface area contributed by atoms with Crippen LogP contribution in [0.5, 0.6) is 0 Å². The molecule has 3 atom stereocenters. The van der Waals surface area contributed by atoms with Gasteiger partial charge >= 0.3 is 0 Å². The van der Waals surface area contributed by atoms with Gasteiger partial charge in [0.2, 0.25) is 5.91 Å². The van der Waals surface area contributed by atoms with Crippen molar-refractivity contribution in [2.24, 2.45) is 17.6 Å². The van der Waals surface area contributed by atoms with Crippen molar-refractivity contribution in [3.05, 3.63) is 33.9 Å². The van der Waals surface area contributed by atoms with Gasteiger partial charge in [0.15, 0.2) is 0 Å². The average molecular weight is 291 g/mol. The first-order valence-corrected chi connectivity index (χ1v) is 7.28. The van der Waals surface area contributed by atoms with E-state index in [4.69, 9.17) is 5.73 Å². The average Bonchev–Trinajstić information content (AvgIpc) is 2.79. The second kappa shape index (κ2) is 6.11. The summed E-state index contributed by atoms with van der Waals surface area (Å²) >= 11 is 0. The van der Waals surface area contributed by atoms with Gasteiger partial charge in [0, 0.05) is 17.7 Å². The highest BCUT2D eigenvalue weighted by Crippen LogP contribution is 2.37. The summed E-state index contributed by atoms with van der Waals surface area (Å²) < 4.78 is 0. The molecule has 2 rings (SSSR count). The van der Waals surface area contributed by atoms with Gasteiger partial charge < -0.3 is 11.1 Å². The van der Waals surface area contributed by atoms with E-state index in [2.05, 4.69) is 19.2 Å². The third kappa shape index (κ3) is 3.15. The Labute approximate surface area is 123 Å². The maximum Gasteiger partial charge on any atom is 0.293 e. The smallest absolute Gasteiger partial charge is 0.293 e. The largest absolute Gasteiger partial charge is 0.376 e. The van der Waals surface area contributed by atoms with Gasteiger partial charge in [-0.25, -0.2) is 0 Å². The zero-order valence-corrected chi connectivity index (χ0v) is 12.3. The number of carbonyl (C=O) groups excluding carboxylic acids is 1. The number of nitro groups is 1. The van der Waals surface area contributed by atoms with Crippen molar-refractivity contribution >= 4 is 17.3 Å². The molecule has 1 aromatic carbocycles. The molecule has 0 radical (unpaired) electrons. The summed E-state index contributed by atoms with van der Waals surface area (Å²) in [5, 5.41) is 14.5. The molecule has 3 unspecified atom stereocenters. The van der Waals surface area contributed by atoms with Gasteiger partial charge in [-0.15, -0.1) is 0 Å². The van der Waals surface area contributed by atoms with Crippen LogP contribution in [0.15, 0.2) is 18.2 Å². The summed E-state index contributed by atoms with van der Waals surface area (Å²) in [4.78, 5) is 21.9. The highest BCUT2D eigenvalue weighted by atomic mass is 16.6. The lowest BCUT2D eigenvalue weighted by Crippen LogP contribution is -2.25. The second-order valence-electron chi connectivity index (χ2n) is 5.71. The van der Waals surface area contributed by atoms with Crippen LogP contribution in [0.2, 0.25) is 0 Å². The number of nitrogens with one attached hydrogen (secondary N) is 1. The predicted octanol–water partition coefficient (Wildman–Crippen LogP) is 2.93. The number of hydrogen-bond donors (Lipinski definition) is 2. The molecule has 21 heavy (non-hydrogen) atoms. The fourth-order valence-electron chi connectivity index (χ4n) is 3.19. The summed E-state index contributed by atoms with van der Waals surface area (Å²) in [6.07, 6.45) is 3.28. The van der Waals surface area contributed by atoms with Gasteiger partial charge in [-0.2, -0.15) is 0 Å². The molecule has 1 aromatic rings. The Morgan fingerprint density at radius 2 is 2.19 bits per heavy atom. The number of anilines is 1. The highest BCUT2D eigenvalue weighted by molar-refractivity contribution is 5.94. The lowest BCUT2D eigenvalue weighted by Gasteiger charge is -2.22. The van der Waals surface area contributed by atoms with E-state index < -0.39 is 10.8 Å². The molecule has 0 heterocycles. The van der Waals surface area contributed by atoms with Crippen LogP contribution in [-0.4, -0.2) is 16.9 Å². The van der Waals surface area contributed by atoms with Crippen molar-refractivity contribution in [2.75, 3.05) is 5.32 Å². The first-order chi connectivity index (χ1) is 9.93. The quantitative estimate of drug-likeness (QED) is 0.643. The van der Waals surface area contributed by atoms with Gasteiger partial charge in [-0.3, -0.25) is 14.9 Å². The molecule has 0 aliphatic heterocycles. The van der Waals surface area contributed by atoms with Crippen molar-refractivity contribution in [1.82, 2.24) is 0 Å². The Kier molecular flexibility index (Phi) is 4.45. The first-order valence-electron chi connectivity index (χ1n) is 7.28. The maximum absolute atomic E-state index is 11.2. The molecule has 0 saturated heterocycles. The first kappa shape index (κ1) is 15.3. The summed E-state index contributed by atoms with van der Waals surface area (Å²) in [7, 11) is 0. The van der Waals surface area contributed by atoms with Gasteiger partial charge in [0.25, 0.3) is 5.69 Å². The molecule has 6 nitrogen and oxygen atoms in total. The van der Waals surface area contributed by atoms with Crippen molar-refractivity contribution in [1.29, 1.82) is 0 Å². The van der Waals surface area contributed by atoms with Crippen molar-refractivity contribution < 1.29 is 9.72 Å².